The molecule has 0 aromatic carbocycles. The molecule has 0 radical (unpaired) electrons. The van der Waals surface area contributed by atoms with E-state index < -0.39 is 51.6 Å². The van der Waals surface area contributed by atoms with Crippen LogP contribution in [0.2, 0.25) is 72.5 Å². The normalized spacial score (nSPS) is 17.5. The molecule has 1 N–H and O–H groups in total. The largest absolute Gasteiger partial charge is 0.460 e. The highest BCUT2D eigenvalue weighted by atomic mass is 28.4. The quantitative estimate of drug-likeness (QED) is 0.0190. The Balaban J connectivity index is 7.79. The number of Topliss-reactive ketones (excluding diaryl/α,β-unsaturated/α-hetero) is 1. The Morgan fingerprint density at radius 2 is 1.10 bits per heavy atom. The van der Waals surface area contributed by atoms with Gasteiger partial charge in [0.25, 0.3) is 0 Å². The maximum absolute atomic E-state index is 15.8. The van der Waals surface area contributed by atoms with Gasteiger partial charge >= 0.3 is 5.97 Å². The summed E-state index contributed by atoms with van der Waals surface area (Å²) in [5.74, 6) is -0.0289. The standard InChI is InChI=1S/C57H110O8Si4/c1-28-29-30-34-44(4)53(60)61-41-49(63-67(22,23)55(11,12)13)39-47(7)51(64-68(24,25)56(14,15)16)52(65-69(26,27)57(17,18)19)50(59)40-48(62-66(20,21)54(8,9)10)38-46(6)45(5)37-43(3)36-42(2)33-31-32-35-58/h28,31-32,34,37,42,46-49,51-52,58H,1,3,29-30,33,35-36,38-41H2,2,4-27H3/b32-31+,44-34+,45-37+/t42-,46-,47+,48-,49+,51-,52-/m0/s1. The third-order valence-electron chi connectivity index (χ3n) is 16.0. The number of carbonyl (C=O) groups is 2. The number of carbonyl (C=O) groups excluding carboxylic acids is 2. The minimum absolute atomic E-state index is 0.00988. The van der Waals surface area contributed by atoms with Crippen molar-refractivity contribution in [2.75, 3.05) is 13.2 Å². The van der Waals surface area contributed by atoms with E-state index in [1.165, 1.54) is 5.57 Å². The first-order chi connectivity index (χ1) is 31.0. The van der Waals surface area contributed by atoms with Crippen LogP contribution in [0.15, 0.2) is 60.3 Å². The van der Waals surface area contributed by atoms with Crippen molar-refractivity contribution in [1.82, 2.24) is 0 Å². The van der Waals surface area contributed by atoms with Crippen LogP contribution in [0.5, 0.6) is 0 Å². The van der Waals surface area contributed by atoms with Gasteiger partial charge in [-0.15, -0.1) is 6.58 Å². The zero-order chi connectivity index (χ0) is 54.4. The van der Waals surface area contributed by atoms with Crippen LogP contribution >= 0.6 is 0 Å². The van der Waals surface area contributed by atoms with Crippen LogP contribution in [0.1, 0.15) is 163 Å². The van der Waals surface area contributed by atoms with E-state index in [-0.39, 0.29) is 69.5 Å². The number of ketones is 1. The van der Waals surface area contributed by atoms with Crippen molar-refractivity contribution >= 4 is 45.0 Å². The molecule has 0 aromatic heterocycles. The number of hydrogen-bond donors (Lipinski definition) is 1. The number of allylic oxidation sites excluding steroid dienone is 6. The highest BCUT2D eigenvalue weighted by Crippen LogP contribution is 2.44. The van der Waals surface area contributed by atoms with E-state index in [2.05, 4.69) is 182 Å². The zero-order valence-electron chi connectivity index (χ0n) is 49.5. The van der Waals surface area contributed by atoms with Gasteiger partial charge in [-0.25, -0.2) is 4.79 Å². The molecule has 402 valence electrons. The number of hydrogen-bond acceptors (Lipinski definition) is 8. The summed E-state index contributed by atoms with van der Waals surface area (Å²) in [6, 6.07) is 0. The van der Waals surface area contributed by atoms with Crippen molar-refractivity contribution < 1.29 is 37.1 Å². The van der Waals surface area contributed by atoms with E-state index in [9.17, 15) is 9.90 Å². The number of aliphatic hydroxyl groups is 1. The Bertz CT molecular complexity index is 1710. The second-order valence-corrected chi connectivity index (χ2v) is 45.8. The molecule has 0 spiro atoms. The summed E-state index contributed by atoms with van der Waals surface area (Å²) in [5, 5.41) is 8.71. The molecule has 0 rings (SSSR count). The maximum atomic E-state index is 15.8. The molecule has 0 saturated carbocycles. The summed E-state index contributed by atoms with van der Waals surface area (Å²) in [6.45, 7) is 63.8. The highest BCUT2D eigenvalue weighted by Gasteiger charge is 2.50. The van der Waals surface area contributed by atoms with Crippen molar-refractivity contribution in [3.05, 3.63) is 60.3 Å². The van der Waals surface area contributed by atoms with E-state index >= 15 is 4.79 Å². The summed E-state index contributed by atoms with van der Waals surface area (Å²) < 4.78 is 35.6. The molecule has 8 nitrogen and oxygen atoms in total. The smallest absolute Gasteiger partial charge is 0.333 e. The van der Waals surface area contributed by atoms with Gasteiger partial charge in [-0.1, -0.05) is 152 Å². The number of aliphatic hydroxyl groups excluding tert-OH is 1. The number of unbranched alkanes of at least 4 members (excludes halogenated alkanes) is 1. The Hall–Kier alpha value is -1.49. The predicted octanol–water partition coefficient (Wildman–Crippen LogP) is 16.5. The summed E-state index contributed by atoms with van der Waals surface area (Å²) in [4.78, 5) is 29.2. The highest BCUT2D eigenvalue weighted by molar-refractivity contribution is 6.75. The predicted molar refractivity (Wildman–Crippen MR) is 307 cm³/mol. The lowest BCUT2D eigenvalue weighted by Crippen LogP contribution is -2.57. The molecule has 12 heteroatoms. The van der Waals surface area contributed by atoms with Crippen LogP contribution < -0.4 is 0 Å². The summed E-state index contributed by atoms with van der Waals surface area (Å²) in [6.07, 6.45) is 12.2. The number of rotatable bonds is 30. The SMILES string of the molecule is C=CCC/C=C(\C)C(=O)OC[C@@H](C[C@@H](C)[C@H](O[Si](C)(C)C(C)(C)C)[C@@H](O[Si](C)(C)C(C)(C)C)C(=O)C[C@H](C[C@H](C)/C(C)=C/C(=C)C[C@@H](C)C/C=C/CO)O[Si](C)(C)C(C)(C)C)O[Si](C)(C)C(C)(C)C. The van der Waals surface area contributed by atoms with Gasteiger partial charge in [0.2, 0.25) is 0 Å². The van der Waals surface area contributed by atoms with Crippen LogP contribution in [0.4, 0.5) is 0 Å². The van der Waals surface area contributed by atoms with Gasteiger partial charge in [-0.2, -0.15) is 0 Å². The van der Waals surface area contributed by atoms with E-state index in [1.807, 2.05) is 18.2 Å². The van der Waals surface area contributed by atoms with Crippen molar-refractivity contribution in [3.8, 4) is 0 Å². The monoisotopic (exact) mass is 1030 g/mol. The van der Waals surface area contributed by atoms with E-state index in [4.69, 9.17) is 22.4 Å². The molecule has 0 unspecified atom stereocenters. The van der Waals surface area contributed by atoms with Crippen LogP contribution in [0.25, 0.3) is 0 Å². The first-order valence-corrected chi connectivity index (χ1v) is 37.9. The van der Waals surface area contributed by atoms with Crippen LogP contribution in [-0.2, 0) is 32.0 Å². The molecule has 0 heterocycles. The van der Waals surface area contributed by atoms with Crippen molar-refractivity contribution in [3.63, 3.8) is 0 Å². The van der Waals surface area contributed by atoms with Crippen molar-refractivity contribution in [2.24, 2.45) is 17.8 Å². The van der Waals surface area contributed by atoms with Gasteiger partial charge < -0.3 is 27.5 Å². The minimum atomic E-state index is -2.60. The molecule has 0 amide bonds. The van der Waals surface area contributed by atoms with Crippen LogP contribution in [0, 0.1) is 17.8 Å². The molecule has 0 saturated heterocycles. The average molecular weight is 1040 g/mol. The lowest BCUT2D eigenvalue weighted by molar-refractivity contribution is -0.142. The zero-order valence-corrected chi connectivity index (χ0v) is 53.5. The van der Waals surface area contributed by atoms with Crippen LogP contribution in [-0.4, -0.2) is 87.8 Å². The van der Waals surface area contributed by atoms with Gasteiger partial charge in [0.15, 0.2) is 39.1 Å². The third-order valence-corrected chi connectivity index (χ3v) is 34.0. The lowest BCUT2D eigenvalue weighted by Gasteiger charge is -2.47. The molecular formula is C57H110O8Si4. The summed E-state index contributed by atoms with van der Waals surface area (Å²) in [7, 11) is -9.87. The van der Waals surface area contributed by atoms with Gasteiger partial charge in [0.05, 0.1) is 24.9 Å². The van der Waals surface area contributed by atoms with E-state index in [0.29, 0.717) is 24.3 Å². The lowest BCUT2D eigenvalue weighted by atomic mass is 9.88. The fourth-order valence-electron chi connectivity index (χ4n) is 7.02. The van der Waals surface area contributed by atoms with Gasteiger partial charge in [-0.3, -0.25) is 4.79 Å². The topological polar surface area (TPSA) is 101 Å². The van der Waals surface area contributed by atoms with Gasteiger partial charge in [-0.05, 0) is 143 Å². The Morgan fingerprint density at radius 3 is 1.57 bits per heavy atom. The molecule has 0 bridgehead atoms. The molecule has 0 aliphatic carbocycles. The second kappa shape index (κ2) is 27.7. The molecular weight excluding hydrogens is 925 g/mol. The Labute approximate surface area is 430 Å². The minimum Gasteiger partial charge on any atom is -0.460 e. The molecule has 69 heavy (non-hydrogen) atoms. The maximum Gasteiger partial charge on any atom is 0.333 e. The fourth-order valence-corrected chi connectivity index (χ4v) is 12.4. The fraction of sp³-hybridized carbons (Fsp3) is 0.789. The summed E-state index contributed by atoms with van der Waals surface area (Å²) in [5.41, 5.74) is 2.86. The molecule has 0 aliphatic heterocycles. The molecule has 7 atom stereocenters. The average Bonchev–Trinajstić information content (AvgIpc) is 3.15. The van der Waals surface area contributed by atoms with Gasteiger partial charge in [0, 0.05) is 12.0 Å². The molecule has 0 fully saturated rings. The summed E-state index contributed by atoms with van der Waals surface area (Å²) >= 11 is 0. The first kappa shape index (κ1) is 67.5. The van der Waals surface area contributed by atoms with E-state index in [1.54, 1.807) is 13.0 Å². The Morgan fingerprint density at radius 1 is 0.638 bits per heavy atom. The van der Waals surface area contributed by atoms with Crippen molar-refractivity contribution in [1.29, 1.82) is 0 Å². The molecule has 0 aromatic rings. The second-order valence-electron chi connectivity index (χ2n) is 26.8. The first-order valence-electron chi connectivity index (χ1n) is 26.3. The Kier molecular flexibility index (Phi) is 27.1. The van der Waals surface area contributed by atoms with E-state index in [0.717, 1.165) is 31.3 Å². The number of ether oxygens (including phenoxy) is 1. The number of esters is 1. The third kappa shape index (κ3) is 23.1. The van der Waals surface area contributed by atoms with Gasteiger partial charge in [0.1, 0.15) is 12.7 Å². The van der Waals surface area contributed by atoms with Crippen molar-refractivity contribution in [2.45, 2.75) is 260 Å². The molecule has 0 aliphatic rings. The van der Waals surface area contributed by atoms with Crippen LogP contribution in [0.3, 0.4) is 0 Å².